The smallest absolute Gasteiger partial charge is 0.143 e. The number of Topliss-reactive ketones (excluding diaryl/α,β-unsaturated/α-hetero) is 1. The monoisotopic (exact) mass is 250 g/mol. The van der Waals surface area contributed by atoms with Gasteiger partial charge in [0.1, 0.15) is 17.4 Å². The Morgan fingerprint density at radius 1 is 1.22 bits per heavy atom. The molecule has 0 saturated carbocycles. The van der Waals surface area contributed by atoms with E-state index in [0.29, 0.717) is 5.69 Å². The molecule has 18 heavy (non-hydrogen) atoms. The molecular formula is C13H12F2N2O. The van der Waals surface area contributed by atoms with Gasteiger partial charge in [-0.3, -0.25) is 9.48 Å². The maximum Gasteiger partial charge on any atom is 0.143 e. The van der Waals surface area contributed by atoms with Crippen LogP contribution in [0.5, 0.6) is 0 Å². The van der Waals surface area contributed by atoms with Crippen LogP contribution in [0, 0.1) is 11.6 Å². The molecule has 0 aliphatic rings. The molecule has 1 heterocycles. The lowest BCUT2D eigenvalue weighted by Gasteiger charge is -2.03. The van der Waals surface area contributed by atoms with Crippen LogP contribution in [0.2, 0.25) is 0 Å². The molecule has 0 aliphatic carbocycles. The van der Waals surface area contributed by atoms with Gasteiger partial charge in [-0.15, -0.1) is 0 Å². The first-order chi connectivity index (χ1) is 8.56. The summed E-state index contributed by atoms with van der Waals surface area (Å²) in [5.41, 5.74) is 0.415. The molecular weight excluding hydrogens is 238 g/mol. The highest BCUT2D eigenvalue weighted by molar-refractivity contribution is 5.82. The van der Waals surface area contributed by atoms with Crippen LogP contribution in [0.15, 0.2) is 30.5 Å². The molecule has 2 rings (SSSR count). The van der Waals surface area contributed by atoms with E-state index in [4.69, 9.17) is 0 Å². The number of carbonyl (C=O) groups is 1. The van der Waals surface area contributed by atoms with Crippen LogP contribution in [0.4, 0.5) is 8.78 Å². The van der Waals surface area contributed by atoms with Crippen LogP contribution in [-0.2, 0) is 24.7 Å². The SMILES string of the molecule is Cn1ccc(CC(=O)Cc2c(F)cccc2F)n1. The number of carbonyl (C=O) groups excluding carboxylic acids is 1. The van der Waals surface area contributed by atoms with Crippen LogP contribution in [0.25, 0.3) is 0 Å². The molecule has 5 heteroatoms. The number of ketones is 1. The maximum atomic E-state index is 13.3. The van der Waals surface area contributed by atoms with E-state index in [-0.39, 0.29) is 24.2 Å². The average Bonchev–Trinajstić information content (AvgIpc) is 2.69. The van der Waals surface area contributed by atoms with Gasteiger partial charge in [0.05, 0.1) is 12.1 Å². The molecule has 0 fully saturated rings. The molecule has 2 aromatic rings. The van der Waals surface area contributed by atoms with E-state index in [1.807, 2.05) is 0 Å². The molecule has 0 unspecified atom stereocenters. The van der Waals surface area contributed by atoms with Crippen molar-refractivity contribution in [2.45, 2.75) is 12.8 Å². The lowest BCUT2D eigenvalue weighted by Crippen LogP contribution is -2.10. The minimum Gasteiger partial charge on any atom is -0.299 e. The fourth-order valence-corrected chi connectivity index (χ4v) is 1.72. The lowest BCUT2D eigenvalue weighted by atomic mass is 10.0. The molecule has 3 nitrogen and oxygen atoms in total. The van der Waals surface area contributed by atoms with Gasteiger partial charge in [0.25, 0.3) is 0 Å². The fourth-order valence-electron chi connectivity index (χ4n) is 1.72. The minimum atomic E-state index is -0.690. The summed E-state index contributed by atoms with van der Waals surface area (Å²) < 4.78 is 28.3. The third kappa shape index (κ3) is 2.80. The summed E-state index contributed by atoms with van der Waals surface area (Å²) in [6.45, 7) is 0. The zero-order valence-electron chi connectivity index (χ0n) is 9.86. The Balaban J connectivity index is 2.08. The Bertz CT molecular complexity index is 558. The molecule has 1 aromatic carbocycles. The quantitative estimate of drug-likeness (QED) is 0.832. The van der Waals surface area contributed by atoms with Gasteiger partial charge in [0.2, 0.25) is 0 Å². The van der Waals surface area contributed by atoms with Gasteiger partial charge in [0, 0.05) is 25.2 Å². The normalized spacial score (nSPS) is 10.6. The number of rotatable bonds is 4. The van der Waals surface area contributed by atoms with Crippen molar-refractivity contribution in [3.8, 4) is 0 Å². The van der Waals surface area contributed by atoms with E-state index < -0.39 is 11.6 Å². The third-order valence-corrected chi connectivity index (χ3v) is 2.58. The van der Waals surface area contributed by atoms with Crippen molar-refractivity contribution in [3.63, 3.8) is 0 Å². The summed E-state index contributed by atoms with van der Waals surface area (Å²) >= 11 is 0. The van der Waals surface area contributed by atoms with E-state index in [1.165, 1.54) is 6.07 Å². The number of halogens is 2. The van der Waals surface area contributed by atoms with Gasteiger partial charge >= 0.3 is 0 Å². The zero-order chi connectivity index (χ0) is 13.1. The van der Waals surface area contributed by atoms with Crippen LogP contribution in [0.1, 0.15) is 11.3 Å². The van der Waals surface area contributed by atoms with E-state index >= 15 is 0 Å². The fraction of sp³-hybridized carbons (Fsp3) is 0.231. The average molecular weight is 250 g/mol. The highest BCUT2D eigenvalue weighted by Gasteiger charge is 2.14. The van der Waals surface area contributed by atoms with Crippen LogP contribution < -0.4 is 0 Å². The van der Waals surface area contributed by atoms with Crippen molar-refractivity contribution < 1.29 is 13.6 Å². The molecule has 0 amide bonds. The summed E-state index contributed by atoms with van der Waals surface area (Å²) in [5.74, 6) is -1.65. The predicted octanol–water partition coefficient (Wildman–Crippen LogP) is 2.05. The minimum absolute atomic E-state index is 0.0780. The van der Waals surface area contributed by atoms with Crippen molar-refractivity contribution in [1.82, 2.24) is 9.78 Å². The van der Waals surface area contributed by atoms with Crippen LogP contribution in [-0.4, -0.2) is 15.6 Å². The molecule has 1 aromatic heterocycles. The maximum absolute atomic E-state index is 13.3. The third-order valence-electron chi connectivity index (χ3n) is 2.58. The number of hydrogen-bond acceptors (Lipinski definition) is 2. The first-order valence-corrected chi connectivity index (χ1v) is 5.49. The number of aromatic nitrogens is 2. The first-order valence-electron chi connectivity index (χ1n) is 5.49. The molecule has 0 atom stereocenters. The van der Waals surface area contributed by atoms with E-state index in [0.717, 1.165) is 12.1 Å². The molecule has 0 N–H and O–H groups in total. The van der Waals surface area contributed by atoms with Crippen molar-refractivity contribution >= 4 is 5.78 Å². The van der Waals surface area contributed by atoms with Crippen LogP contribution >= 0.6 is 0 Å². The standard InChI is InChI=1S/C13H12F2N2O/c1-17-6-5-9(16-17)7-10(18)8-11-12(14)3-2-4-13(11)15/h2-6H,7-8H2,1H3. The van der Waals surface area contributed by atoms with Gasteiger partial charge < -0.3 is 0 Å². The second-order valence-electron chi connectivity index (χ2n) is 4.07. The van der Waals surface area contributed by atoms with Crippen molar-refractivity contribution in [2.24, 2.45) is 7.05 Å². The summed E-state index contributed by atoms with van der Waals surface area (Å²) in [7, 11) is 1.74. The van der Waals surface area contributed by atoms with Crippen molar-refractivity contribution in [3.05, 3.63) is 53.4 Å². The Hall–Kier alpha value is -2.04. The highest BCUT2D eigenvalue weighted by atomic mass is 19.1. The Morgan fingerprint density at radius 3 is 2.44 bits per heavy atom. The van der Waals surface area contributed by atoms with E-state index in [2.05, 4.69) is 5.10 Å². The largest absolute Gasteiger partial charge is 0.299 e. The van der Waals surface area contributed by atoms with Crippen LogP contribution in [0.3, 0.4) is 0 Å². The summed E-state index contributed by atoms with van der Waals surface area (Å²) in [6, 6.07) is 5.27. The van der Waals surface area contributed by atoms with Gasteiger partial charge in [-0.25, -0.2) is 8.78 Å². The number of hydrogen-bond donors (Lipinski definition) is 0. The molecule has 0 aliphatic heterocycles. The second kappa shape index (κ2) is 5.08. The molecule has 0 spiro atoms. The summed E-state index contributed by atoms with van der Waals surface area (Å²) in [4.78, 5) is 11.7. The number of nitrogens with zero attached hydrogens (tertiary/aromatic N) is 2. The zero-order valence-corrected chi connectivity index (χ0v) is 9.86. The van der Waals surface area contributed by atoms with Gasteiger partial charge in [0.15, 0.2) is 0 Å². The molecule has 94 valence electrons. The lowest BCUT2D eigenvalue weighted by molar-refractivity contribution is -0.117. The van der Waals surface area contributed by atoms with Gasteiger partial charge in [-0.2, -0.15) is 5.10 Å². The Morgan fingerprint density at radius 2 is 1.89 bits per heavy atom. The molecule has 0 radical (unpaired) electrons. The topological polar surface area (TPSA) is 34.9 Å². The van der Waals surface area contributed by atoms with E-state index in [1.54, 1.807) is 24.0 Å². The number of benzene rings is 1. The first kappa shape index (κ1) is 12.4. The summed E-state index contributed by atoms with van der Waals surface area (Å²) in [5, 5.41) is 4.05. The highest BCUT2D eigenvalue weighted by Crippen LogP contribution is 2.13. The van der Waals surface area contributed by atoms with Crippen molar-refractivity contribution in [2.75, 3.05) is 0 Å². The predicted molar refractivity (Wildman–Crippen MR) is 62.0 cm³/mol. The Labute approximate surface area is 103 Å². The summed E-state index contributed by atoms with van der Waals surface area (Å²) in [6.07, 6.45) is 1.54. The van der Waals surface area contributed by atoms with Gasteiger partial charge in [-0.05, 0) is 18.2 Å². The van der Waals surface area contributed by atoms with Crippen molar-refractivity contribution in [1.29, 1.82) is 0 Å². The Kier molecular flexibility index (Phi) is 3.50. The number of aryl methyl sites for hydroxylation is 1. The second-order valence-corrected chi connectivity index (χ2v) is 4.07. The van der Waals surface area contributed by atoms with E-state index in [9.17, 15) is 13.6 Å². The molecule has 0 saturated heterocycles. The molecule has 0 bridgehead atoms. The van der Waals surface area contributed by atoms with Gasteiger partial charge in [-0.1, -0.05) is 6.07 Å².